The van der Waals surface area contributed by atoms with Gasteiger partial charge in [-0.05, 0) is 6.07 Å². The summed E-state index contributed by atoms with van der Waals surface area (Å²) >= 11 is 0. The maximum Gasteiger partial charge on any atom is 0.272 e. The van der Waals surface area contributed by atoms with Crippen LogP contribution in [-0.4, -0.2) is 46.1 Å². The lowest BCUT2D eigenvalue weighted by Gasteiger charge is -2.35. The molecule has 11 heteroatoms. The fourth-order valence-corrected chi connectivity index (χ4v) is 3.54. The maximum atomic E-state index is 14.3. The van der Waals surface area contributed by atoms with Crippen LogP contribution >= 0.6 is 0 Å². The third-order valence-corrected chi connectivity index (χ3v) is 5.15. The monoisotopic (exact) mass is 427 g/mol. The second kappa shape index (κ2) is 8.48. The highest BCUT2D eigenvalue weighted by molar-refractivity contribution is 5.62. The predicted molar refractivity (Wildman–Crippen MR) is 109 cm³/mol. The van der Waals surface area contributed by atoms with Crippen molar-refractivity contribution in [2.45, 2.75) is 6.54 Å². The van der Waals surface area contributed by atoms with Crippen molar-refractivity contribution >= 4 is 17.1 Å². The van der Waals surface area contributed by atoms with Crippen molar-refractivity contribution in [1.29, 1.82) is 0 Å². The Hall–Kier alpha value is -3.86. The van der Waals surface area contributed by atoms with E-state index in [1.807, 2.05) is 4.90 Å². The van der Waals surface area contributed by atoms with Gasteiger partial charge in [-0.2, -0.15) is 0 Å². The largest absolute Gasteiger partial charge is 0.367 e. The van der Waals surface area contributed by atoms with Gasteiger partial charge in [0.2, 0.25) is 0 Å². The molecule has 0 saturated carbocycles. The van der Waals surface area contributed by atoms with Crippen LogP contribution in [0, 0.1) is 26.0 Å². The molecule has 10 nitrogen and oxygen atoms in total. The van der Waals surface area contributed by atoms with E-state index in [0.29, 0.717) is 55.4 Å². The molecule has 4 rings (SSSR count). The Morgan fingerprint density at radius 1 is 0.968 bits per heavy atom. The Kier molecular flexibility index (Phi) is 5.58. The van der Waals surface area contributed by atoms with Crippen LogP contribution in [0.15, 0.2) is 53.1 Å². The normalized spacial score (nSPS) is 14.5. The van der Waals surface area contributed by atoms with Gasteiger partial charge in [-0.3, -0.25) is 25.1 Å². The summed E-state index contributed by atoms with van der Waals surface area (Å²) < 4.78 is 19.6. The molecule has 1 saturated heterocycles. The number of hydrogen-bond acceptors (Lipinski definition) is 8. The Balaban J connectivity index is 1.37. The zero-order chi connectivity index (χ0) is 22.0. The molecule has 0 atom stereocenters. The third-order valence-electron chi connectivity index (χ3n) is 5.15. The van der Waals surface area contributed by atoms with Crippen molar-refractivity contribution in [2.24, 2.45) is 0 Å². The number of halogens is 1. The quantitative estimate of drug-likeness (QED) is 0.432. The van der Waals surface area contributed by atoms with E-state index in [0.717, 1.165) is 6.07 Å². The zero-order valence-corrected chi connectivity index (χ0v) is 16.3. The lowest BCUT2D eigenvalue weighted by molar-refractivity contribution is -0.385. The van der Waals surface area contributed by atoms with Crippen LogP contribution < -0.4 is 4.90 Å². The Morgan fingerprint density at radius 2 is 1.68 bits per heavy atom. The second-order valence-corrected chi connectivity index (χ2v) is 7.14. The zero-order valence-electron chi connectivity index (χ0n) is 16.3. The lowest BCUT2D eigenvalue weighted by atomic mass is 10.1. The fourth-order valence-electron chi connectivity index (χ4n) is 3.54. The minimum atomic E-state index is -0.621. The van der Waals surface area contributed by atoms with E-state index in [9.17, 15) is 24.6 Å². The third kappa shape index (κ3) is 4.51. The average molecular weight is 427 g/mol. The Morgan fingerprint density at radius 3 is 2.35 bits per heavy atom. The molecule has 2 heterocycles. The number of hydrogen-bond donors (Lipinski definition) is 0. The molecule has 0 aliphatic carbocycles. The van der Waals surface area contributed by atoms with Gasteiger partial charge in [-0.25, -0.2) is 4.39 Å². The lowest BCUT2D eigenvalue weighted by Crippen LogP contribution is -2.46. The van der Waals surface area contributed by atoms with E-state index < -0.39 is 15.7 Å². The molecule has 3 aromatic rings. The number of anilines is 1. The molecule has 160 valence electrons. The topological polar surface area (TPSA) is 119 Å². The molecule has 2 aromatic carbocycles. The number of piperazine rings is 1. The molecule has 1 aromatic heterocycles. The first-order chi connectivity index (χ1) is 14.9. The first-order valence-electron chi connectivity index (χ1n) is 9.52. The number of non-ortho nitro benzene ring substituents is 2. The van der Waals surface area contributed by atoms with E-state index in [-0.39, 0.29) is 11.4 Å². The first kappa shape index (κ1) is 20.4. The smallest absolute Gasteiger partial charge is 0.272 e. The molecule has 1 fully saturated rings. The molecule has 0 unspecified atom stereocenters. The molecule has 0 N–H and O–H groups in total. The van der Waals surface area contributed by atoms with Crippen LogP contribution in [0.5, 0.6) is 0 Å². The first-order valence-corrected chi connectivity index (χ1v) is 9.52. The van der Waals surface area contributed by atoms with Crippen LogP contribution in [0.1, 0.15) is 5.76 Å². The number of aromatic nitrogens is 1. The molecule has 0 spiro atoms. The van der Waals surface area contributed by atoms with Crippen LogP contribution in [0.4, 0.5) is 21.5 Å². The highest BCUT2D eigenvalue weighted by Gasteiger charge is 2.22. The van der Waals surface area contributed by atoms with E-state index in [2.05, 4.69) is 10.1 Å². The maximum absolute atomic E-state index is 14.3. The molecule has 0 amide bonds. The Bertz CT molecular complexity index is 1130. The Labute approximate surface area is 175 Å². The van der Waals surface area contributed by atoms with Crippen LogP contribution in [0.3, 0.4) is 0 Å². The van der Waals surface area contributed by atoms with Gasteiger partial charge in [-0.15, -0.1) is 0 Å². The summed E-state index contributed by atoms with van der Waals surface area (Å²) in [5, 5.41) is 25.7. The SMILES string of the molecule is O=[N+]([O-])c1cccc(-c2cc(CN3CCN(c4ccc([N+](=O)[O-])cc4F)CC3)on2)c1. The second-order valence-electron chi connectivity index (χ2n) is 7.14. The summed E-state index contributed by atoms with van der Waals surface area (Å²) in [5.41, 5.74) is 1.17. The summed E-state index contributed by atoms with van der Waals surface area (Å²) in [4.78, 5) is 24.6. The van der Waals surface area contributed by atoms with Crippen LogP contribution in [0.2, 0.25) is 0 Å². The van der Waals surface area contributed by atoms with Crippen molar-refractivity contribution in [3.05, 3.63) is 80.3 Å². The minimum Gasteiger partial charge on any atom is -0.367 e. The molecular formula is C20H18FN5O5. The average Bonchev–Trinajstić information content (AvgIpc) is 3.23. The molecule has 1 aliphatic rings. The van der Waals surface area contributed by atoms with Gasteiger partial charge in [0.15, 0.2) is 11.6 Å². The van der Waals surface area contributed by atoms with Gasteiger partial charge >= 0.3 is 0 Å². The highest BCUT2D eigenvalue weighted by Crippen LogP contribution is 2.26. The van der Waals surface area contributed by atoms with Gasteiger partial charge in [0.05, 0.1) is 28.1 Å². The molecule has 1 aliphatic heterocycles. The van der Waals surface area contributed by atoms with Crippen molar-refractivity contribution in [3.63, 3.8) is 0 Å². The number of nitro groups is 2. The number of benzene rings is 2. The van der Waals surface area contributed by atoms with Crippen molar-refractivity contribution in [3.8, 4) is 11.3 Å². The number of nitrogens with zero attached hydrogens (tertiary/aromatic N) is 5. The minimum absolute atomic E-state index is 0.0170. The van der Waals surface area contributed by atoms with Crippen molar-refractivity contribution in [1.82, 2.24) is 10.1 Å². The van der Waals surface area contributed by atoms with Gasteiger partial charge in [0.1, 0.15) is 5.69 Å². The van der Waals surface area contributed by atoms with E-state index in [1.165, 1.54) is 24.3 Å². The molecule has 31 heavy (non-hydrogen) atoms. The van der Waals surface area contributed by atoms with E-state index >= 15 is 0 Å². The van der Waals surface area contributed by atoms with Gasteiger partial charge < -0.3 is 9.42 Å². The summed E-state index contributed by atoms with van der Waals surface area (Å²) in [5.74, 6) is 0.0101. The van der Waals surface area contributed by atoms with Crippen LogP contribution in [0.25, 0.3) is 11.3 Å². The fraction of sp³-hybridized carbons (Fsp3) is 0.250. The number of nitro benzene ring substituents is 2. The standard InChI is InChI=1S/C20H18FN5O5/c21-18-11-16(26(29)30)4-5-20(18)24-8-6-23(7-9-24)13-17-12-19(22-31-17)14-2-1-3-15(10-14)25(27)28/h1-5,10-12H,6-9,13H2. The van der Waals surface area contributed by atoms with Gasteiger partial charge in [-0.1, -0.05) is 17.3 Å². The molecule has 0 radical (unpaired) electrons. The van der Waals surface area contributed by atoms with E-state index in [1.54, 1.807) is 18.2 Å². The van der Waals surface area contributed by atoms with Gasteiger partial charge in [0, 0.05) is 56.0 Å². The summed E-state index contributed by atoms with van der Waals surface area (Å²) in [7, 11) is 0. The summed E-state index contributed by atoms with van der Waals surface area (Å²) in [6.45, 7) is 2.90. The van der Waals surface area contributed by atoms with Crippen molar-refractivity contribution < 1.29 is 18.8 Å². The molecule has 0 bridgehead atoms. The highest BCUT2D eigenvalue weighted by atomic mass is 19.1. The summed E-state index contributed by atoms with van der Waals surface area (Å²) in [6, 6.07) is 11.6. The molecular weight excluding hydrogens is 409 g/mol. The van der Waals surface area contributed by atoms with Crippen molar-refractivity contribution in [2.75, 3.05) is 31.1 Å². The van der Waals surface area contributed by atoms with Gasteiger partial charge in [0.25, 0.3) is 11.4 Å². The number of rotatable bonds is 6. The predicted octanol–water partition coefficient (Wildman–Crippen LogP) is 3.62. The summed E-state index contributed by atoms with van der Waals surface area (Å²) in [6.07, 6.45) is 0. The van der Waals surface area contributed by atoms with E-state index in [4.69, 9.17) is 4.52 Å². The van der Waals surface area contributed by atoms with Crippen LogP contribution in [-0.2, 0) is 6.54 Å².